The Hall–Kier alpha value is -6.00. The molecule has 0 saturated heterocycles. The van der Waals surface area contributed by atoms with Gasteiger partial charge in [0, 0.05) is 44.5 Å². The van der Waals surface area contributed by atoms with Crippen LogP contribution in [0.1, 0.15) is 186 Å². The van der Waals surface area contributed by atoms with E-state index in [2.05, 4.69) is 223 Å². The predicted octanol–water partition coefficient (Wildman–Crippen LogP) is 17.8. The predicted molar refractivity (Wildman–Crippen MR) is 318 cm³/mol. The Morgan fingerprint density at radius 2 is 1.00 bits per heavy atom. The van der Waals surface area contributed by atoms with Gasteiger partial charge in [0.2, 0.25) is 0 Å². The first-order valence-corrected chi connectivity index (χ1v) is 28.1. The number of para-hydroxylation sites is 1. The summed E-state index contributed by atoms with van der Waals surface area (Å²) < 4.78 is 7.33. The summed E-state index contributed by atoms with van der Waals surface area (Å²) in [5.74, 6) is 0. The molecule has 5 aliphatic rings. The summed E-state index contributed by atoms with van der Waals surface area (Å²) in [4.78, 5) is 2.68. The number of anilines is 5. The Balaban J connectivity index is 1.14. The van der Waals surface area contributed by atoms with Crippen LogP contribution in [0.15, 0.2) is 114 Å². The number of aryl methyl sites for hydroxylation is 1. The Bertz CT molecular complexity index is 3740. The molecule has 1 N–H and O–H groups in total. The van der Waals surface area contributed by atoms with E-state index in [4.69, 9.17) is 4.42 Å². The fourth-order valence-electron chi connectivity index (χ4n) is 14.9. The van der Waals surface area contributed by atoms with E-state index >= 15 is 0 Å². The van der Waals surface area contributed by atoms with E-state index in [1.54, 1.807) is 0 Å². The van der Waals surface area contributed by atoms with Gasteiger partial charge in [-0.1, -0.05) is 163 Å². The van der Waals surface area contributed by atoms with Gasteiger partial charge < -0.3 is 14.6 Å². The van der Waals surface area contributed by atoms with E-state index in [1.165, 1.54) is 125 Å². The fourth-order valence-corrected chi connectivity index (χ4v) is 14.9. The van der Waals surface area contributed by atoms with Crippen LogP contribution >= 0.6 is 0 Å². The smallest absolute Gasteiger partial charge is 0.198 e. The van der Waals surface area contributed by atoms with E-state index < -0.39 is 0 Å². The first-order valence-electron chi connectivity index (χ1n) is 28.1. The van der Waals surface area contributed by atoms with Crippen molar-refractivity contribution in [2.45, 2.75) is 180 Å². The largest absolute Gasteiger partial charge is 0.454 e. The molecule has 74 heavy (non-hydrogen) atoms. The van der Waals surface area contributed by atoms with Gasteiger partial charge in [0.1, 0.15) is 5.58 Å². The monoisotopic (exact) mass is 973 g/mol. The van der Waals surface area contributed by atoms with Crippen molar-refractivity contribution in [1.82, 2.24) is 0 Å². The molecular weight excluding hydrogens is 896 g/mol. The average Bonchev–Trinajstić information content (AvgIpc) is 3.86. The van der Waals surface area contributed by atoms with Gasteiger partial charge in [-0.05, 0) is 199 Å². The summed E-state index contributed by atoms with van der Waals surface area (Å²) in [6.07, 6.45) is 7.01. The van der Waals surface area contributed by atoms with Crippen LogP contribution in [0.5, 0.6) is 0 Å². The minimum Gasteiger partial charge on any atom is -0.454 e. The lowest BCUT2D eigenvalue weighted by atomic mass is 9.57. The maximum absolute atomic E-state index is 7.33. The van der Waals surface area contributed by atoms with Gasteiger partial charge in [-0.2, -0.15) is 0 Å². The maximum atomic E-state index is 7.33. The number of furan rings is 1. The van der Waals surface area contributed by atoms with Gasteiger partial charge in [0.15, 0.2) is 12.9 Å². The molecule has 376 valence electrons. The first kappa shape index (κ1) is 47.7. The zero-order chi connectivity index (χ0) is 52.0. The van der Waals surface area contributed by atoms with Crippen molar-refractivity contribution in [3.63, 3.8) is 0 Å². The van der Waals surface area contributed by atoms with Crippen LogP contribution in [-0.2, 0) is 37.9 Å². The highest BCUT2D eigenvalue weighted by Gasteiger charge is 2.44. The molecule has 0 amide bonds. The molecule has 2 heterocycles. The standard InChI is InChI=1S/C70H77BN2O/c1-40-32-51-55(69(12,13)31-28-65(51,4)5)39-58(40)73-59-38-50-44(42-20-16-18-22-48(42)70(50,14)15)36-56(59)71-61-46(34-47-43-21-17-19-23-60(43)74-63(47)62(61)73)45-35-53-54(68(10,11)30-29-67(53,8)9)37-57(45)72-41-24-25-49-52(33-41)66(6,7)27-26-64(49,2)3/h16-25,32-39,71-72H,26-31H2,1-15H3. The lowest BCUT2D eigenvalue weighted by Crippen LogP contribution is -2.42. The summed E-state index contributed by atoms with van der Waals surface area (Å²) >= 11 is 0. The summed E-state index contributed by atoms with van der Waals surface area (Å²) in [5.41, 5.74) is 29.0. The molecule has 0 saturated carbocycles. The zero-order valence-electron chi connectivity index (χ0n) is 47.2. The topological polar surface area (TPSA) is 28.4 Å². The molecule has 0 bridgehead atoms. The molecule has 4 aliphatic carbocycles. The van der Waals surface area contributed by atoms with E-state index in [-0.39, 0.29) is 37.9 Å². The summed E-state index contributed by atoms with van der Waals surface area (Å²) in [7, 11) is 0.773. The highest BCUT2D eigenvalue weighted by atomic mass is 16.3. The number of hydrogen-bond donors (Lipinski definition) is 1. The summed E-state index contributed by atoms with van der Waals surface area (Å²) in [5, 5.41) is 6.54. The van der Waals surface area contributed by atoms with Crippen LogP contribution in [0.25, 0.3) is 44.2 Å². The van der Waals surface area contributed by atoms with Gasteiger partial charge in [0.25, 0.3) is 0 Å². The quantitative estimate of drug-likeness (QED) is 0.178. The molecule has 4 heteroatoms. The van der Waals surface area contributed by atoms with Crippen LogP contribution < -0.4 is 21.1 Å². The van der Waals surface area contributed by atoms with E-state index in [0.717, 1.165) is 54.2 Å². The minimum atomic E-state index is -0.160. The molecule has 0 spiro atoms. The zero-order valence-corrected chi connectivity index (χ0v) is 47.2. The lowest BCUT2D eigenvalue weighted by molar-refractivity contribution is 0.332. The van der Waals surface area contributed by atoms with Crippen molar-refractivity contribution in [3.8, 4) is 22.3 Å². The van der Waals surface area contributed by atoms with Gasteiger partial charge in [-0.25, -0.2) is 0 Å². The molecule has 7 aromatic carbocycles. The second kappa shape index (κ2) is 15.3. The molecule has 3 nitrogen and oxygen atoms in total. The van der Waals surface area contributed by atoms with Crippen molar-refractivity contribution in [1.29, 1.82) is 0 Å². The second-order valence-corrected chi connectivity index (χ2v) is 28.3. The number of rotatable bonds is 4. The molecule has 8 aromatic rings. The Kier molecular flexibility index (Phi) is 9.88. The Morgan fingerprint density at radius 1 is 0.446 bits per heavy atom. The van der Waals surface area contributed by atoms with Gasteiger partial charge in [0.05, 0.1) is 5.69 Å². The van der Waals surface area contributed by atoms with E-state index in [1.807, 2.05) is 0 Å². The Morgan fingerprint density at radius 3 is 1.68 bits per heavy atom. The average molecular weight is 973 g/mol. The van der Waals surface area contributed by atoms with Crippen molar-refractivity contribution in [2.24, 2.45) is 0 Å². The second-order valence-electron chi connectivity index (χ2n) is 28.3. The number of nitrogens with one attached hydrogen (secondary N) is 1. The molecule has 13 rings (SSSR count). The minimum absolute atomic E-state index is 0.00622. The van der Waals surface area contributed by atoms with Gasteiger partial charge in [-0.3, -0.25) is 0 Å². The van der Waals surface area contributed by atoms with Crippen molar-refractivity contribution in [3.05, 3.63) is 159 Å². The van der Waals surface area contributed by atoms with Crippen LogP contribution in [0.2, 0.25) is 0 Å². The maximum Gasteiger partial charge on any atom is 0.198 e. The normalized spacial score (nSPS) is 20.3. The fraction of sp³-hybridized carbons (Fsp3) is 0.400. The van der Waals surface area contributed by atoms with Gasteiger partial charge >= 0.3 is 0 Å². The van der Waals surface area contributed by atoms with E-state index in [9.17, 15) is 0 Å². The number of nitrogens with zero attached hydrogens (tertiary/aromatic N) is 1. The molecule has 0 radical (unpaired) electrons. The van der Waals surface area contributed by atoms with Crippen LogP contribution in [-0.4, -0.2) is 7.28 Å². The van der Waals surface area contributed by atoms with Crippen LogP contribution in [0.4, 0.5) is 28.4 Å². The first-order chi connectivity index (χ1) is 34.8. The number of hydrogen-bond acceptors (Lipinski definition) is 3. The van der Waals surface area contributed by atoms with E-state index in [0.29, 0.717) is 0 Å². The van der Waals surface area contributed by atoms with Crippen molar-refractivity contribution < 1.29 is 4.42 Å². The molecular formula is C70H77BN2O. The summed E-state index contributed by atoms with van der Waals surface area (Å²) in [6.45, 7) is 36.7. The Labute approximate surface area is 442 Å². The SMILES string of the molecule is Cc1cc2c(cc1N1c3cc4c(cc3Bc3c(-c5cc6c(cc5Nc5ccc7c(c5)C(C)(C)CCC7(C)C)C(C)(C)CCC6(C)C)cc5c(oc6ccccc65)c31)-c1ccccc1C4(C)C)C(C)(C)CCC2(C)C. The third-order valence-electron chi connectivity index (χ3n) is 20.2. The number of benzene rings is 7. The van der Waals surface area contributed by atoms with Crippen LogP contribution in [0.3, 0.4) is 0 Å². The molecule has 1 aliphatic heterocycles. The molecule has 1 aromatic heterocycles. The number of fused-ring (bicyclic) bond motifs is 12. The van der Waals surface area contributed by atoms with Crippen LogP contribution in [0, 0.1) is 6.92 Å². The third kappa shape index (κ3) is 6.84. The lowest BCUT2D eigenvalue weighted by Gasteiger charge is -2.44. The highest BCUT2D eigenvalue weighted by molar-refractivity contribution is 6.74. The molecule has 0 fully saturated rings. The molecule has 0 atom stereocenters. The van der Waals surface area contributed by atoms with Crippen molar-refractivity contribution >= 4 is 68.6 Å². The van der Waals surface area contributed by atoms with Gasteiger partial charge in [-0.15, -0.1) is 0 Å². The third-order valence-corrected chi connectivity index (χ3v) is 20.2. The molecule has 0 unspecified atom stereocenters. The summed E-state index contributed by atoms with van der Waals surface area (Å²) in [6, 6.07) is 43.2. The highest BCUT2D eigenvalue weighted by Crippen LogP contribution is 2.56. The van der Waals surface area contributed by atoms with Crippen molar-refractivity contribution in [2.75, 3.05) is 10.2 Å².